The van der Waals surface area contributed by atoms with Crippen molar-refractivity contribution < 1.29 is 4.39 Å². The number of nitrogens with one attached hydrogen (secondary N) is 1. The fourth-order valence-electron chi connectivity index (χ4n) is 3.87. The molecule has 3 aromatic rings. The van der Waals surface area contributed by atoms with Gasteiger partial charge in [-0.2, -0.15) is 5.10 Å². The number of nitrogens with zero attached hydrogens (tertiary/aromatic N) is 6. The van der Waals surface area contributed by atoms with E-state index < -0.39 is 6.17 Å². The summed E-state index contributed by atoms with van der Waals surface area (Å²) < 4.78 is 13.3. The predicted molar refractivity (Wildman–Crippen MR) is 135 cm³/mol. The van der Waals surface area contributed by atoms with Crippen LogP contribution in [0.15, 0.2) is 47.9 Å². The Morgan fingerprint density at radius 1 is 1.26 bits per heavy atom. The van der Waals surface area contributed by atoms with E-state index in [1.807, 2.05) is 24.3 Å². The van der Waals surface area contributed by atoms with Gasteiger partial charge in [-0.05, 0) is 48.6 Å². The number of likely N-dealkylation sites (tertiary alicyclic amines) is 1. The molecule has 9 heteroatoms. The maximum atomic E-state index is 13.3. The summed E-state index contributed by atoms with van der Waals surface area (Å²) >= 11 is 0. The SMILES string of the molecule is CC(C)c1cnnc(Nc2ccc3ncc(C(C=NCCCN4CC[C@H](F)C4)=CN)cc3n2)c1. The first-order valence-electron chi connectivity index (χ1n) is 11.7. The summed E-state index contributed by atoms with van der Waals surface area (Å²) in [6, 6.07) is 7.70. The summed E-state index contributed by atoms with van der Waals surface area (Å²) in [7, 11) is 0. The molecule has 0 radical (unpaired) electrons. The number of alkyl halides is 1. The minimum atomic E-state index is -0.682. The largest absolute Gasteiger partial charge is 0.404 e. The lowest BCUT2D eigenvalue weighted by atomic mass is 10.1. The lowest BCUT2D eigenvalue weighted by Gasteiger charge is -2.12. The molecule has 0 aromatic carbocycles. The van der Waals surface area contributed by atoms with Crippen LogP contribution in [-0.4, -0.2) is 63.6 Å². The van der Waals surface area contributed by atoms with E-state index in [2.05, 4.69) is 44.2 Å². The van der Waals surface area contributed by atoms with Gasteiger partial charge in [0.15, 0.2) is 5.82 Å². The van der Waals surface area contributed by atoms with E-state index in [0.29, 0.717) is 37.1 Å². The predicted octanol–water partition coefficient (Wildman–Crippen LogP) is 4.09. The molecule has 0 amide bonds. The van der Waals surface area contributed by atoms with Crippen LogP contribution in [0, 0.1) is 0 Å². The number of fused-ring (bicyclic) bond motifs is 1. The molecule has 0 bridgehead atoms. The van der Waals surface area contributed by atoms with Crippen LogP contribution >= 0.6 is 0 Å². The number of rotatable bonds is 9. The average Bonchev–Trinajstić information content (AvgIpc) is 3.26. The first kappa shape index (κ1) is 23.7. The Balaban J connectivity index is 1.42. The molecule has 1 atom stereocenters. The van der Waals surface area contributed by atoms with Crippen LogP contribution in [0.25, 0.3) is 16.6 Å². The molecule has 1 aliphatic heterocycles. The molecule has 0 saturated carbocycles. The molecule has 34 heavy (non-hydrogen) atoms. The standard InChI is InChI=1S/C25H31FN8/c1-17(2)18-11-25(33-30-15-18)32-24-5-4-22-23(31-24)10-19(14-29-22)20(12-27)13-28-7-3-8-34-9-6-21(26)16-34/h4-5,10-15,17,21H,3,6-9,16,27H2,1-2H3,(H,31,32,33)/t21-/m0/s1. The number of aromatic nitrogens is 4. The van der Waals surface area contributed by atoms with Crippen molar-refractivity contribution in [2.75, 3.05) is 31.5 Å². The van der Waals surface area contributed by atoms with E-state index in [0.717, 1.165) is 47.2 Å². The van der Waals surface area contributed by atoms with E-state index in [1.165, 1.54) is 6.20 Å². The smallest absolute Gasteiger partial charge is 0.154 e. The highest BCUT2D eigenvalue weighted by molar-refractivity contribution is 6.10. The highest BCUT2D eigenvalue weighted by atomic mass is 19.1. The number of halogens is 1. The zero-order chi connectivity index (χ0) is 23.9. The second kappa shape index (κ2) is 11.1. The third kappa shape index (κ3) is 6.11. The molecule has 4 heterocycles. The van der Waals surface area contributed by atoms with E-state index in [1.54, 1.807) is 18.6 Å². The lowest BCUT2D eigenvalue weighted by Crippen LogP contribution is -2.22. The molecule has 8 nitrogen and oxygen atoms in total. The van der Waals surface area contributed by atoms with Crippen LogP contribution in [0.2, 0.25) is 0 Å². The average molecular weight is 463 g/mol. The van der Waals surface area contributed by atoms with E-state index >= 15 is 0 Å². The van der Waals surface area contributed by atoms with E-state index in [4.69, 9.17) is 10.7 Å². The minimum Gasteiger partial charge on any atom is -0.404 e. The van der Waals surface area contributed by atoms with Crippen molar-refractivity contribution in [3.8, 4) is 0 Å². The van der Waals surface area contributed by atoms with Crippen molar-refractivity contribution in [1.82, 2.24) is 25.1 Å². The van der Waals surface area contributed by atoms with Gasteiger partial charge in [-0.25, -0.2) is 9.37 Å². The third-order valence-corrected chi connectivity index (χ3v) is 5.86. The Labute approximate surface area is 199 Å². The lowest BCUT2D eigenvalue weighted by molar-refractivity contribution is 0.287. The molecular formula is C25H31FN8. The summed E-state index contributed by atoms with van der Waals surface area (Å²) in [6.07, 6.45) is 7.67. The minimum absolute atomic E-state index is 0.359. The zero-order valence-corrected chi connectivity index (χ0v) is 19.7. The van der Waals surface area contributed by atoms with Crippen molar-refractivity contribution in [1.29, 1.82) is 0 Å². The van der Waals surface area contributed by atoms with Crippen LogP contribution in [0.4, 0.5) is 16.0 Å². The highest BCUT2D eigenvalue weighted by Crippen LogP contribution is 2.21. The van der Waals surface area contributed by atoms with Crippen LogP contribution in [0.5, 0.6) is 0 Å². The monoisotopic (exact) mass is 462 g/mol. The molecule has 178 valence electrons. The van der Waals surface area contributed by atoms with Gasteiger partial charge in [-0.1, -0.05) is 13.8 Å². The Bertz CT molecular complexity index is 1180. The summed E-state index contributed by atoms with van der Waals surface area (Å²) in [5, 5.41) is 11.4. The molecule has 0 spiro atoms. The molecular weight excluding hydrogens is 431 g/mol. The summed E-state index contributed by atoms with van der Waals surface area (Å²) in [5.41, 5.74) is 10.1. The summed E-state index contributed by atoms with van der Waals surface area (Å²) in [4.78, 5) is 15.9. The van der Waals surface area contributed by atoms with Gasteiger partial charge in [-0.3, -0.25) is 9.98 Å². The van der Waals surface area contributed by atoms with Crippen LogP contribution in [0.3, 0.4) is 0 Å². The van der Waals surface area contributed by atoms with Crippen molar-refractivity contribution >= 4 is 34.5 Å². The molecule has 0 aliphatic carbocycles. The number of anilines is 2. The van der Waals surface area contributed by atoms with Gasteiger partial charge < -0.3 is 16.0 Å². The van der Waals surface area contributed by atoms with Crippen molar-refractivity contribution in [2.24, 2.45) is 10.7 Å². The number of hydrogen-bond acceptors (Lipinski definition) is 8. The maximum absolute atomic E-state index is 13.3. The van der Waals surface area contributed by atoms with Crippen molar-refractivity contribution in [3.63, 3.8) is 0 Å². The Kier molecular flexibility index (Phi) is 7.74. The van der Waals surface area contributed by atoms with Crippen LogP contribution in [-0.2, 0) is 0 Å². The number of allylic oxidation sites excluding steroid dienone is 1. The Morgan fingerprint density at radius 3 is 2.91 bits per heavy atom. The topological polar surface area (TPSA) is 105 Å². The Morgan fingerprint density at radius 2 is 2.15 bits per heavy atom. The van der Waals surface area contributed by atoms with Crippen LogP contribution < -0.4 is 11.1 Å². The number of hydrogen-bond donors (Lipinski definition) is 2. The fraction of sp³-hybridized carbons (Fsp3) is 0.400. The highest BCUT2D eigenvalue weighted by Gasteiger charge is 2.20. The number of pyridine rings is 2. The van der Waals surface area contributed by atoms with Gasteiger partial charge in [0.2, 0.25) is 0 Å². The molecule has 4 rings (SSSR count). The van der Waals surface area contributed by atoms with Crippen molar-refractivity contribution in [2.45, 2.75) is 38.8 Å². The van der Waals surface area contributed by atoms with Gasteiger partial charge in [0.25, 0.3) is 0 Å². The van der Waals surface area contributed by atoms with E-state index in [9.17, 15) is 4.39 Å². The van der Waals surface area contributed by atoms with Gasteiger partial charge in [0.1, 0.15) is 12.0 Å². The van der Waals surface area contributed by atoms with Gasteiger partial charge >= 0.3 is 0 Å². The molecule has 1 saturated heterocycles. The molecule has 0 unspecified atom stereocenters. The fourth-order valence-corrected chi connectivity index (χ4v) is 3.87. The van der Waals surface area contributed by atoms with Crippen LogP contribution in [0.1, 0.15) is 43.7 Å². The number of aliphatic imine (C=N–C) groups is 1. The van der Waals surface area contributed by atoms with Gasteiger partial charge in [0.05, 0.1) is 17.2 Å². The first-order valence-corrected chi connectivity index (χ1v) is 11.7. The maximum Gasteiger partial charge on any atom is 0.154 e. The third-order valence-electron chi connectivity index (χ3n) is 5.86. The van der Waals surface area contributed by atoms with E-state index in [-0.39, 0.29) is 0 Å². The van der Waals surface area contributed by atoms with Gasteiger partial charge in [-0.15, -0.1) is 5.10 Å². The summed E-state index contributed by atoms with van der Waals surface area (Å²) in [6.45, 7) is 7.13. The molecule has 1 fully saturated rings. The second-order valence-corrected chi connectivity index (χ2v) is 8.81. The number of nitrogens with two attached hydrogens (primary N) is 1. The molecule has 3 aromatic heterocycles. The van der Waals surface area contributed by atoms with Crippen molar-refractivity contribution in [3.05, 3.63) is 54.0 Å². The zero-order valence-electron chi connectivity index (χ0n) is 19.7. The summed E-state index contributed by atoms with van der Waals surface area (Å²) in [5.74, 6) is 1.66. The second-order valence-electron chi connectivity index (χ2n) is 8.81. The Hall–Kier alpha value is -3.46. The molecule has 3 N–H and O–H groups in total. The normalized spacial score (nSPS) is 17.3. The molecule has 1 aliphatic rings. The first-order chi connectivity index (χ1) is 16.5. The quantitative estimate of drug-likeness (QED) is 0.364. The van der Waals surface area contributed by atoms with Gasteiger partial charge in [0, 0.05) is 55.9 Å².